The smallest absolute Gasteiger partial charge is 0.127 e. The number of benzene rings is 2. The van der Waals surface area contributed by atoms with Crippen LogP contribution in [0.3, 0.4) is 0 Å². The standard InChI is InChI=1S/C16H16BrClFN/c1-9-5-4-6-11(15(9)17)16(20-3)12-7-10(2)14(19)8-13(12)18/h4-8,16,20H,1-3H3. The molecule has 0 heterocycles. The Morgan fingerprint density at radius 2 is 1.85 bits per heavy atom. The topological polar surface area (TPSA) is 12.0 Å². The monoisotopic (exact) mass is 355 g/mol. The zero-order valence-corrected chi connectivity index (χ0v) is 13.9. The second kappa shape index (κ2) is 6.25. The molecule has 0 aliphatic carbocycles. The van der Waals surface area contributed by atoms with Crippen LogP contribution in [0.4, 0.5) is 4.39 Å². The van der Waals surface area contributed by atoms with Gasteiger partial charge in [-0.3, -0.25) is 0 Å². The first-order valence-corrected chi connectivity index (χ1v) is 7.50. The minimum Gasteiger partial charge on any atom is -0.309 e. The predicted octanol–water partition coefficient (Wildman–Crippen LogP) is 5.17. The summed E-state index contributed by atoms with van der Waals surface area (Å²) < 4.78 is 14.6. The van der Waals surface area contributed by atoms with Crippen molar-refractivity contribution in [2.75, 3.05) is 7.05 Å². The summed E-state index contributed by atoms with van der Waals surface area (Å²) >= 11 is 9.84. The third-order valence-electron chi connectivity index (χ3n) is 3.41. The lowest BCUT2D eigenvalue weighted by Gasteiger charge is -2.21. The third-order valence-corrected chi connectivity index (χ3v) is 4.82. The summed E-state index contributed by atoms with van der Waals surface area (Å²) in [5, 5.41) is 3.68. The van der Waals surface area contributed by atoms with Gasteiger partial charge in [-0.2, -0.15) is 0 Å². The van der Waals surface area contributed by atoms with Gasteiger partial charge in [-0.25, -0.2) is 4.39 Å². The van der Waals surface area contributed by atoms with Crippen molar-refractivity contribution in [1.29, 1.82) is 0 Å². The highest BCUT2D eigenvalue weighted by atomic mass is 79.9. The van der Waals surface area contributed by atoms with E-state index < -0.39 is 0 Å². The highest BCUT2D eigenvalue weighted by Gasteiger charge is 2.19. The van der Waals surface area contributed by atoms with Crippen molar-refractivity contribution in [3.8, 4) is 0 Å². The second-order valence-electron chi connectivity index (χ2n) is 4.82. The molecular formula is C16H16BrClFN. The molecule has 0 saturated carbocycles. The van der Waals surface area contributed by atoms with Gasteiger partial charge in [-0.1, -0.05) is 45.7 Å². The Balaban J connectivity index is 2.58. The molecule has 0 aliphatic heterocycles. The molecule has 2 aromatic carbocycles. The Kier molecular flexibility index (Phi) is 4.84. The fourth-order valence-corrected chi connectivity index (χ4v) is 3.03. The summed E-state index contributed by atoms with van der Waals surface area (Å²) in [5.41, 5.74) is 3.70. The van der Waals surface area contributed by atoms with Crippen LogP contribution < -0.4 is 5.32 Å². The number of nitrogens with one attached hydrogen (secondary N) is 1. The first-order chi connectivity index (χ1) is 9.45. The number of hydrogen-bond acceptors (Lipinski definition) is 1. The number of aryl methyl sites for hydroxylation is 2. The summed E-state index contributed by atoms with van der Waals surface area (Å²) in [6, 6.07) is 9.17. The van der Waals surface area contributed by atoms with Crippen molar-refractivity contribution in [2.45, 2.75) is 19.9 Å². The van der Waals surface area contributed by atoms with Crippen LogP contribution in [0, 0.1) is 19.7 Å². The van der Waals surface area contributed by atoms with E-state index in [1.54, 1.807) is 13.0 Å². The van der Waals surface area contributed by atoms with Crippen molar-refractivity contribution in [2.24, 2.45) is 0 Å². The molecule has 1 nitrogen and oxygen atoms in total. The van der Waals surface area contributed by atoms with Gasteiger partial charge in [0.1, 0.15) is 5.82 Å². The largest absolute Gasteiger partial charge is 0.309 e. The van der Waals surface area contributed by atoms with E-state index in [0.717, 1.165) is 21.2 Å². The zero-order valence-electron chi connectivity index (χ0n) is 11.6. The molecule has 1 unspecified atom stereocenters. The molecule has 4 heteroatoms. The van der Waals surface area contributed by atoms with Crippen molar-refractivity contribution in [3.63, 3.8) is 0 Å². The molecule has 0 bridgehead atoms. The summed E-state index contributed by atoms with van der Waals surface area (Å²) in [5.74, 6) is -0.281. The zero-order chi connectivity index (χ0) is 14.9. The fourth-order valence-electron chi connectivity index (χ4n) is 2.27. The van der Waals surface area contributed by atoms with Crippen molar-refractivity contribution < 1.29 is 4.39 Å². The Hall–Kier alpha value is -0.900. The van der Waals surface area contributed by atoms with E-state index in [1.807, 2.05) is 32.2 Å². The van der Waals surface area contributed by atoms with Crippen LogP contribution in [0.15, 0.2) is 34.8 Å². The van der Waals surface area contributed by atoms with E-state index in [1.165, 1.54) is 6.07 Å². The minimum absolute atomic E-state index is 0.0870. The predicted molar refractivity (Wildman–Crippen MR) is 85.9 cm³/mol. The molecule has 0 fully saturated rings. The first kappa shape index (κ1) is 15.5. The number of rotatable bonds is 3. The van der Waals surface area contributed by atoms with E-state index in [4.69, 9.17) is 11.6 Å². The lowest BCUT2D eigenvalue weighted by Crippen LogP contribution is -2.19. The first-order valence-electron chi connectivity index (χ1n) is 6.33. The van der Waals surface area contributed by atoms with Crippen LogP contribution in [0.5, 0.6) is 0 Å². The molecule has 0 amide bonds. The third kappa shape index (κ3) is 2.90. The molecule has 0 radical (unpaired) electrons. The minimum atomic E-state index is -0.281. The fraction of sp³-hybridized carbons (Fsp3) is 0.250. The van der Waals surface area contributed by atoms with Gasteiger partial charge < -0.3 is 5.32 Å². The summed E-state index contributed by atoms with van der Waals surface area (Å²) in [6.07, 6.45) is 0. The lowest BCUT2D eigenvalue weighted by molar-refractivity contribution is 0.614. The molecule has 1 atom stereocenters. The van der Waals surface area contributed by atoms with Gasteiger partial charge >= 0.3 is 0 Å². The van der Waals surface area contributed by atoms with E-state index in [0.29, 0.717) is 10.6 Å². The summed E-state index contributed by atoms with van der Waals surface area (Å²) in [6.45, 7) is 3.78. The van der Waals surface area contributed by atoms with Crippen molar-refractivity contribution >= 4 is 27.5 Å². The van der Waals surface area contributed by atoms with Gasteiger partial charge in [0.05, 0.1) is 6.04 Å². The maximum atomic E-state index is 13.6. The van der Waals surface area contributed by atoms with Crippen LogP contribution in [-0.2, 0) is 0 Å². The van der Waals surface area contributed by atoms with Gasteiger partial charge in [-0.05, 0) is 55.3 Å². The summed E-state index contributed by atoms with van der Waals surface area (Å²) in [7, 11) is 1.87. The second-order valence-corrected chi connectivity index (χ2v) is 6.02. The molecule has 1 N–H and O–H groups in total. The van der Waals surface area contributed by atoms with Gasteiger partial charge in [0.25, 0.3) is 0 Å². The molecule has 0 aliphatic rings. The van der Waals surface area contributed by atoms with E-state index >= 15 is 0 Å². The van der Waals surface area contributed by atoms with Crippen LogP contribution >= 0.6 is 27.5 Å². The Morgan fingerprint density at radius 3 is 2.50 bits per heavy atom. The molecule has 106 valence electrons. The van der Waals surface area contributed by atoms with Gasteiger partial charge in [0.2, 0.25) is 0 Å². The average Bonchev–Trinajstić information content (AvgIpc) is 2.41. The van der Waals surface area contributed by atoms with Crippen LogP contribution in [0.1, 0.15) is 28.3 Å². The molecule has 2 aromatic rings. The van der Waals surface area contributed by atoms with E-state index in [-0.39, 0.29) is 11.9 Å². The highest BCUT2D eigenvalue weighted by molar-refractivity contribution is 9.10. The molecule has 2 rings (SSSR count). The van der Waals surface area contributed by atoms with E-state index in [2.05, 4.69) is 21.2 Å². The molecular weight excluding hydrogens is 341 g/mol. The maximum Gasteiger partial charge on any atom is 0.127 e. The Labute approximate surface area is 132 Å². The maximum absolute atomic E-state index is 13.6. The average molecular weight is 357 g/mol. The van der Waals surface area contributed by atoms with Crippen molar-refractivity contribution in [1.82, 2.24) is 5.32 Å². The number of hydrogen-bond donors (Lipinski definition) is 1. The van der Waals surface area contributed by atoms with Crippen LogP contribution in [-0.4, -0.2) is 7.05 Å². The van der Waals surface area contributed by atoms with Gasteiger partial charge in [0, 0.05) is 9.50 Å². The molecule has 20 heavy (non-hydrogen) atoms. The van der Waals surface area contributed by atoms with E-state index in [9.17, 15) is 4.39 Å². The molecule has 0 aromatic heterocycles. The lowest BCUT2D eigenvalue weighted by atomic mass is 9.96. The van der Waals surface area contributed by atoms with Crippen LogP contribution in [0.2, 0.25) is 5.02 Å². The normalized spacial score (nSPS) is 12.5. The highest BCUT2D eigenvalue weighted by Crippen LogP contribution is 2.34. The van der Waals surface area contributed by atoms with Crippen LogP contribution in [0.25, 0.3) is 0 Å². The SMILES string of the molecule is CNC(c1cc(C)c(F)cc1Cl)c1cccc(C)c1Br. The summed E-state index contributed by atoms with van der Waals surface area (Å²) in [4.78, 5) is 0. The van der Waals surface area contributed by atoms with Crippen molar-refractivity contribution in [3.05, 3.63) is 67.9 Å². The quantitative estimate of drug-likeness (QED) is 0.800. The van der Waals surface area contributed by atoms with Gasteiger partial charge in [-0.15, -0.1) is 0 Å². The molecule has 0 saturated heterocycles. The molecule has 0 spiro atoms. The Bertz CT molecular complexity index is 643. The number of halogens is 3. The van der Waals surface area contributed by atoms with Gasteiger partial charge in [0.15, 0.2) is 0 Å². The Morgan fingerprint density at radius 1 is 1.15 bits per heavy atom.